The van der Waals surface area contributed by atoms with E-state index < -0.39 is 11.4 Å². The molecule has 152 valence electrons. The van der Waals surface area contributed by atoms with Crippen LogP contribution in [0.15, 0.2) is 30.6 Å². The van der Waals surface area contributed by atoms with Gasteiger partial charge in [-0.05, 0) is 51.8 Å². The first kappa shape index (κ1) is 18.6. The van der Waals surface area contributed by atoms with E-state index in [1.165, 1.54) is 6.07 Å². The Hall–Kier alpha value is -3.40. The molecule has 0 bridgehead atoms. The number of aromatic nitrogens is 2. The van der Waals surface area contributed by atoms with Crippen molar-refractivity contribution < 1.29 is 13.9 Å². The minimum atomic E-state index is -0.575. The summed E-state index contributed by atoms with van der Waals surface area (Å²) in [6, 6.07) is 6.86. The highest BCUT2D eigenvalue weighted by molar-refractivity contribution is 5.97. The minimum absolute atomic E-state index is 0.00670. The van der Waals surface area contributed by atoms with Gasteiger partial charge >= 0.3 is 6.09 Å². The van der Waals surface area contributed by atoms with E-state index >= 15 is 0 Å². The Balaban J connectivity index is 1.58. The van der Waals surface area contributed by atoms with Crippen LogP contribution in [0.2, 0.25) is 0 Å². The Labute approximate surface area is 173 Å². The summed E-state index contributed by atoms with van der Waals surface area (Å²) in [7, 11) is 0. The molecule has 7 heteroatoms. The number of carbonyl (C=O) groups is 1. The maximum absolute atomic E-state index is 14.0. The van der Waals surface area contributed by atoms with Crippen LogP contribution in [0.1, 0.15) is 44.7 Å². The van der Waals surface area contributed by atoms with Gasteiger partial charge < -0.3 is 9.72 Å². The highest BCUT2D eigenvalue weighted by atomic mass is 19.1. The molecule has 1 aliphatic carbocycles. The van der Waals surface area contributed by atoms with E-state index in [-0.39, 0.29) is 17.1 Å². The first-order chi connectivity index (χ1) is 14.2. The maximum atomic E-state index is 14.0. The van der Waals surface area contributed by atoms with E-state index in [0.29, 0.717) is 17.9 Å². The first-order valence-electron chi connectivity index (χ1n) is 9.93. The number of rotatable bonds is 1. The number of H-pyrrole nitrogens is 1. The fourth-order valence-electron chi connectivity index (χ4n) is 4.19. The second kappa shape index (κ2) is 6.05. The van der Waals surface area contributed by atoms with Gasteiger partial charge in [0.05, 0.1) is 5.56 Å². The van der Waals surface area contributed by atoms with Gasteiger partial charge in [0.25, 0.3) is 0 Å². The summed E-state index contributed by atoms with van der Waals surface area (Å²) < 4.78 is 19.5. The number of carbonyl (C=O) groups excluding carboxylic acids is 1. The zero-order valence-corrected chi connectivity index (χ0v) is 17.0. The SMILES string of the molecule is CC(C)(C)OC(=O)N1CC2(CC2)c2cc(-c3c[nH]c4cc(F)c(C#N)cc34)cnc21. The van der Waals surface area contributed by atoms with E-state index in [9.17, 15) is 14.4 Å². The summed E-state index contributed by atoms with van der Waals surface area (Å²) in [4.78, 5) is 22.1. The van der Waals surface area contributed by atoms with Gasteiger partial charge in [-0.25, -0.2) is 14.2 Å². The Kier molecular flexibility index (Phi) is 3.75. The topological polar surface area (TPSA) is 82.0 Å². The van der Waals surface area contributed by atoms with E-state index in [1.54, 1.807) is 23.4 Å². The van der Waals surface area contributed by atoms with Crippen LogP contribution in [0.3, 0.4) is 0 Å². The lowest BCUT2D eigenvalue weighted by Crippen LogP contribution is -2.37. The Morgan fingerprint density at radius 2 is 2.10 bits per heavy atom. The first-order valence-corrected chi connectivity index (χ1v) is 9.93. The molecule has 2 aliphatic rings. The Morgan fingerprint density at radius 3 is 2.77 bits per heavy atom. The molecule has 1 spiro atoms. The van der Waals surface area contributed by atoms with Crippen LogP contribution in [-0.4, -0.2) is 28.2 Å². The molecule has 0 saturated heterocycles. The molecule has 30 heavy (non-hydrogen) atoms. The monoisotopic (exact) mass is 404 g/mol. The molecule has 1 N–H and O–H groups in total. The van der Waals surface area contributed by atoms with Gasteiger partial charge in [-0.3, -0.25) is 4.90 Å². The number of nitrogens with zero attached hydrogens (tertiary/aromatic N) is 3. The van der Waals surface area contributed by atoms with Crippen molar-refractivity contribution >= 4 is 22.8 Å². The maximum Gasteiger partial charge on any atom is 0.416 e. The zero-order valence-electron chi connectivity index (χ0n) is 17.0. The van der Waals surface area contributed by atoms with Gasteiger partial charge in [-0.2, -0.15) is 5.26 Å². The fourth-order valence-corrected chi connectivity index (χ4v) is 4.19. The van der Waals surface area contributed by atoms with Crippen LogP contribution in [0.25, 0.3) is 22.0 Å². The van der Waals surface area contributed by atoms with Crippen LogP contribution in [0, 0.1) is 17.1 Å². The lowest BCUT2D eigenvalue weighted by atomic mass is 9.96. The molecule has 0 unspecified atom stereocenters. The Morgan fingerprint density at radius 1 is 1.33 bits per heavy atom. The van der Waals surface area contributed by atoms with Gasteiger partial charge in [0.15, 0.2) is 0 Å². The molecule has 6 nitrogen and oxygen atoms in total. The molecule has 3 aromatic rings. The molecule has 0 atom stereocenters. The molecule has 1 fully saturated rings. The van der Waals surface area contributed by atoms with E-state index in [1.807, 2.05) is 26.8 Å². The number of nitriles is 1. The van der Waals surface area contributed by atoms with E-state index in [4.69, 9.17) is 4.74 Å². The predicted molar refractivity (Wildman–Crippen MR) is 111 cm³/mol. The van der Waals surface area contributed by atoms with Crippen molar-refractivity contribution in [2.45, 2.75) is 44.6 Å². The third-order valence-electron chi connectivity index (χ3n) is 5.82. The van der Waals surface area contributed by atoms with E-state index in [0.717, 1.165) is 34.9 Å². The third kappa shape index (κ3) is 2.83. The second-order valence-corrected chi connectivity index (χ2v) is 9.13. The average molecular weight is 404 g/mol. The molecule has 1 amide bonds. The highest BCUT2D eigenvalue weighted by Crippen LogP contribution is 2.56. The molecule has 1 aliphatic heterocycles. The lowest BCUT2D eigenvalue weighted by Gasteiger charge is -2.24. The van der Waals surface area contributed by atoms with Gasteiger partial charge in [0, 0.05) is 51.9 Å². The number of aromatic amines is 1. The van der Waals surface area contributed by atoms with Crippen LogP contribution in [-0.2, 0) is 10.2 Å². The van der Waals surface area contributed by atoms with Crippen molar-refractivity contribution in [2.24, 2.45) is 0 Å². The number of amides is 1. The van der Waals surface area contributed by atoms with Crippen molar-refractivity contribution in [1.82, 2.24) is 9.97 Å². The van der Waals surface area contributed by atoms with Crippen LogP contribution >= 0.6 is 0 Å². The number of benzene rings is 1. The van der Waals surface area contributed by atoms with Gasteiger partial charge in [0.2, 0.25) is 0 Å². The van der Waals surface area contributed by atoms with Crippen molar-refractivity contribution in [2.75, 3.05) is 11.4 Å². The van der Waals surface area contributed by atoms with Gasteiger partial charge in [-0.15, -0.1) is 0 Å². The van der Waals surface area contributed by atoms with Gasteiger partial charge in [0.1, 0.15) is 23.3 Å². The van der Waals surface area contributed by atoms with Crippen LogP contribution < -0.4 is 4.90 Å². The largest absolute Gasteiger partial charge is 0.443 e. The number of fused-ring (bicyclic) bond motifs is 3. The van der Waals surface area contributed by atoms with Crippen molar-refractivity contribution in [3.05, 3.63) is 47.5 Å². The number of pyridine rings is 1. The number of hydrogen-bond acceptors (Lipinski definition) is 4. The zero-order chi connectivity index (χ0) is 21.3. The summed E-state index contributed by atoms with van der Waals surface area (Å²) in [6.45, 7) is 6.12. The summed E-state index contributed by atoms with van der Waals surface area (Å²) in [6.07, 6.45) is 5.14. The number of ether oxygens (including phenoxy) is 1. The van der Waals surface area contributed by atoms with Crippen molar-refractivity contribution in [1.29, 1.82) is 5.26 Å². The smallest absolute Gasteiger partial charge is 0.416 e. The standard InChI is InChI=1S/C23H21FN4O2/c1-22(2,3)30-21(29)28-12-23(4-5-23)17-7-14(10-27-20(17)28)16-11-26-19-8-18(24)13(9-25)6-15(16)19/h6-8,10-11,26H,4-5,12H2,1-3H3. The number of nitrogens with one attached hydrogen (secondary N) is 1. The van der Waals surface area contributed by atoms with Crippen molar-refractivity contribution in [3.8, 4) is 17.2 Å². The Bertz CT molecular complexity index is 1240. The predicted octanol–water partition coefficient (Wildman–Crippen LogP) is 5.03. The summed E-state index contributed by atoms with van der Waals surface area (Å²) >= 11 is 0. The molecule has 2 aromatic heterocycles. The average Bonchev–Trinajstić information content (AvgIpc) is 3.24. The summed E-state index contributed by atoms with van der Waals surface area (Å²) in [5, 5.41) is 9.95. The quantitative estimate of drug-likeness (QED) is 0.617. The number of hydrogen-bond donors (Lipinski definition) is 1. The van der Waals surface area contributed by atoms with Crippen LogP contribution in [0.4, 0.5) is 15.0 Å². The molecule has 1 saturated carbocycles. The molecular weight excluding hydrogens is 383 g/mol. The lowest BCUT2D eigenvalue weighted by molar-refractivity contribution is 0.0580. The molecule has 3 heterocycles. The third-order valence-corrected chi connectivity index (χ3v) is 5.82. The molecular formula is C23H21FN4O2. The highest BCUT2D eigenvalue weighted by Gasteiger charge is 2.54. The second-order valence-electron chi connectivity index (χ2n) is 9.13. The number of anilines is 1. The van der Waals surface area contributed by atoms with E-state index in [2.05, 4.69) is 16.0 Å². The fraction of sp³-hybridized carbons (Fsp3) is 0.348. The molecule has 5 rings (SSSR count). The van der Waals surface area contributed by atoms with Gasteiger partial charge in [-0.1, -0.05) is 0 Å². The minimum Gasteiger partial charge on any atom is -0.443 e. The molecule has 0 radical (unpaired) electrons. The summed E-state index contributed by atoms with van der Waals surface area (Å²) in [5.74, 6) is 0.101. The summed E-state index contributed by atoms with van der Waals surface area (Å²) in [5.41, 5.74) is 2.75. The van der Waals surface area contributed by atoms with Crippen molar-refractivity contribution in [3.63, 3.8) is 0 Å². The molecule has 1 aromatic carbocycles. The number of halogens is 1. The normalized spacial score (nSPS) is 16.6. The van der Waals surface area contributed by atoms with Crippen LogP contribution in [0.5, 0.6) is 0 Å².